The van der Waals surface area contributed by atoms with E-state index < -0.39 is 0 Å². The van der Waals surface area contributed by atoms with Gasteiger partial charge in [0.25, 0.3) is 0 Å². The lowest BCUT2D eigenvalue weighted by Gasteiger charge is -2.03. The first-order chi connectivity index (χ1) is 8.99. The molecule has 0 amide bonds. The van der Waals surface area contributed by atoms with Crippen LogP contribution in [0.4, 0.5) is 0 Å². The summed E-state index contributed by atoms with van der Waals surface area (Å²) in [5.41, 5.74) is 2.65. The van der Waals surface area contributed by atoms with Crippen LogP contribution in [0.15, 0.2) is 33.2 Å². The van der Waals surface area contributed by atoms with Crippen LogP contribution in [0.3, 0.4) is 0 Å². The third-order valence-corrected chi connectivity index (χ3v) is 3.83. The van der Waals surface area contributed by atoms with Crippen molar-refractivity contribution >= 4 is 37.6 Å². The molecule has 2 rings (SSSR count). The van der Waals surface area contributed by atoms with Gasteiger partial charge in [0.15, 0.2) is 5.78 Å². The van der Waals surface area contributed by atoms with E-state index in [1.807, 2.05) is 31.3 Å². The number of aromatic nitrogens is 2. The summed E-state index contributed by atoms with van der Waals surface area (Å²) in [6.07, 6.45) is 1.25. The number of hydrogen-bond acceptors (Lipinski definition) is 2. The molecule has 0 aliphatic carbocycles. The second-order valence-corrected chi connectivity index (χ2v) is 6.19. The predicted octanol–water partition coefficient (Wildman–Crippen LogP) is 3.93. The van der Waals surface area contributed by atoms with Gasteiger partial charge in [-0.15, -0.1) is 0 Å². The first kappa shape index (κ1) is 14.5. The van der Waals surface area contributed by atoms with E-state index in [0.29, 0.717) is 12.0 Å². The van der Waals surface area contributed by atoms with Crippen molar-refractivity contribution in [2.24, 2.45) is 7.05 Å². The van der Waals surface area contributed by atoms with Crippen molar-refractivity contribution in [3.8, 4) is 0 Å². The normalized spacial score (nSPS) is 10.7. The fourth-order valence-corrected chi connectivity index (χ4v) is 3.18. The van der Waals surface area contributed by atoms with E-state index in [4.69, 9.17) is 0 Å². The van der Waals surface area contributed by atoms with Gasteiger partial charge in [-0.05, 0) is 30.7 Å². The van der Waals surface area contributed by atoms with Gasteiger partial charge in [0.05, 0.1) is 12.1 Å². The minimum absolute atomic E-state index is 0.0904. The summed E-state index contributed by atoms with van der Waals surface area (Å²) in [7, 11) is 1.87. The zero-order valence-electron chi connectivity index (χ0n) is 10.8. The Morgan fingerprint density at radius 1 is 1.21 bits per heavy atom. The zero-order valence-corrected chi connectivity index (χ0v) is 14.0. The molecule has 0 N–H and O–H groups in total. The standard InChI is InChI=1S/C14H14Br2N2O/c1-3-12-7-13(18(2)17-12)8-14(19)9-4-10(15)6-11(16)5-9/h4-7H,3,8H2,1-2H3. The number of carbonyl (C=O) groups is 1. The molecule has 0 aliphatic heterocycles. The number of aryl methyl sites for hydroxylation is 2. The highest BCUT2D eigenvalue weighted by molar-refractivity contribution is 9.11. The van der Waals surface area contributed by atoms with E-state index in [1.165, 1.54) is 0 Å². The molecular formula is C14H14Br2N2O. The molecule has 19 heavy (non-hydrogen) atoms. The van der Waals surface area contributed by atoms with Crippen molar-refractivity contribution in [3.05, 3.63) is 50.2 Å². The van der Waals surface area contributed by atoms with Crippen molar-refractivity contribution < 1.29 is 4.79 Å². The molecule has 5 heteroatoms. The minimum Gasteiger partial charge on any atom is -0.294 e. The Kier molecular flexibility index (Phi) is 4.58. The molecule has 0 spiro atoms. The summed E-state index contributed by atoms with van der Waals surface area (Å²) in [6, 6.07) is 7.58. The molecule has 0 saturated carbocycles. The first-order valence-electron chi connectivity index (χ1n) is 6.00. The number of halogens is 2. The van der Waals surface area contributed by atoms with Crippen LogP contribution in [0, 0.1) is 0 Å². The van der Waals surface area contributed by atoms with E-state index in [9.17, 15) is 4.79 Å². The predicted molar refractivity (Wildman–Crippen MR) is 82.5 cm³/mol. The van der Waals surface area contributed by atoms with Gasteiger partial charge >= 0.3 is 0 Å². The Bertz CT molecular complexity index is 600. The van der Waals surface area contributed by atoms with Crippen LogP contribution in [0.25, 0.3) is 0 Å². The Hall–Kier alpha value is -0.940. The molecule has 100 valence electrons. The third kappa shape index (κ3) is 3.54. The van der Waals surface area contributed by atoms with Crippen molar-refractivity contribution in [2.75, 3.05) is 0 Å². The van der Waals surface area contributed by atoms with E-state index in [0.717, 1.165) is 26.8 Å². The smallest absolute Gasteiger partial charge is 0.168 e. The maximum absolute atomic E-state index is 12.3. The lowest BCUT2D eigenvalue weighted by Crippen LogP contribution is -2.08. The highest BCUT2D eigenvalue weighted by Gasteiger charge is 2.12. The Labute approximate surface area is 129 Å². The lowest BCUT2D eigenvalue weighted by molar-refractivity contribution is 0.0990. The van der Waals surface area contributed by atoms with Gasteiger partial charge in [0.1, 0.15) is 0 Å². The second kappa shape index (κ2) is 6.01. The molecule has 0 saturated heterocycles. The van der Waals surface area contributed by atoms with Gasteiger partial charge in [0.2, 0.25) is 0 Å². The van der Waals surface area contributed by atoms with Gasteiger partial charge in [-0.1, -0.05) is 38.8 Å². The molecule has 0 bridgehead atoms. The summed E-state index contributed by atoms with van der Waals surface area (Å²) in [4.78, 5) is 12.3. The molecule has 1 aromatic carbocycles. The second-order valence-electron chi connectivity index (χ2n) is 4.36. The van der Waals surface area contributed by atoms with Crippen molar-refractivity contribution in [1.29, 1.82) is 0 Å². The molecule has 0 aliphatic rings. The van der Waals surface area contributed by atoms with Crippen molar-refractivity contribution in [3.63, 3.8) is 0 Å². The van der Waals surface area contributed by atoms with Crippen LogP contribution in [0.5, 0.6) is 0 Å². The summed E-state index contributed by atoms with van der Waals surface area (Å²) in [5, 5.41) is 4.36. The number of rotatable bonds is 4. The van der Waals surface area contributed by atoms with E-state index in [2.05, 4.69) is 43.9 Å². The van der Waals surface area contributed by atoms with Gasteiger partial charge in [0, 0.05) is 27.3 Å². The highest BCUT2D eigenvalue weighted by atomic mass is 79.9. The van der Waals surface area contributed by atoms with Gasteiger partial charge < -0.3 is 0 Å². The minimum atomic E-state index is 0.0904. The molecule has 0 atom stereocenters. The van der Waals surface area contributed by atoms with Crippen LogP contribution in [-0.2, 0) is 19.9 Å². The van der Waals surface area contributed by atoms with Crippen LogP contribution in [0.2, 0.25) is 0 Å². The number of carbonyl (C=O) groups excluding carboxylic acids is 1. The van der Waals surface area contributed by atoms with Gasteiger partial charge in [-0.2, -0.15) is 5.10 Å². The molecule has 0 unspecified atom stereocenters. The third-order valence-electron chi connectivity index (χ3n) is 2.92. The lowest BCUT2D eigenvalue weighted by atomic mass is 10.1. The molecule has 3 nitrogen and oxygen atoms in total. The van der Waals surface area contributed by atoms with Crippen molar-refractivity contribution in [2.45, 2.75) is 19.8 Å². The fraction of sp³-hybridized carbons (Fsp3) is 0.286. The topological polar surface area (TPSA) is 34.9 Å². The summed E-state index contributed by atoms with van der Waals surface area (Å²) < 4.78 is 3.57. The Morgan fingerprint density at radius 3 is 2.37 bits per heavy atom. The van der Waals surface area contributed by atoms with Gasteiger partial charge in [-0.3, -0.25) is 9.48 Å². The first-order valence-corrected chi connectivity index (χ1v) is 7.59. The molecule has 1 heterocycles. The SMILES string of the molecule is CCc1cc(CC(=O)c2cc(Br)cc(Br)c2)n(C)n1. The molecular weight excluding hydrogens is 372 g/mol. The Balaban J connectivity index is 2.22. The van der Waals surface area contributed by atoms with E-state index in [1.54, 1.807) is 4.68 Å². The largest absolute Gasteiger partial charge is 0.294 e. The summed E-state index contributed by atoms with van der Waals surface area (Å²) in [5.74, 6) is 0.0904. The number of ketones is 1. The number of nitrogens with zero attached hydrogens (tertiary/aromatic N) is 2. The van der Waals surface area contributed by atoms with E-state index in [-0.39, 0.29) is 5.78 Å². The average molecular weight is 386 g/mol. The number of benzene rings is 1. The van der Waals surface area contributed by atoms with Crippen molar-refractivity contribution in [1.82, 2.24) is 9.78 Å². The fourth-order valence-electron chi connectivity index (χ4n) is 1.89. The maximum Gasteiger partial charge on any atom is 0.168 e. The van der Waals surface area contributed by atoms with Crippen LogP contribution < -0.4 is 0 Å². The Morgan fingerprint density at radius 2 is 1.84 bits per heavy atom. The number of hydrogen-bond donors (Lipinski definition) is 0. The molecule has 0 fully saturated rings. The summed E-state index contributed by atoms with van der Waals surface area (Å²) in [6.45, 7) is 2.05. The number of Topliss-reactive ketones (excluding diaryl/α,β-unsaturated/α-hetero) is 1. The quantitative estimate of drug-likeness (QED) is 0.747. The average Bonchev–Trinajstić information content (AvgIpc) is 2.69. The van der Waals surface area contributed by atoms with Crippen LogP contribution >= 0.6 is 31.9 Å². The summed E-state index contributed by atoms with van der Waals surface area (Å²) >= 11 is 6.79. The maximum atomic E-state index is 12.3. The molecule has 0 radical (unpaired) electrons. The van der Waals surface area contributed by atoms with Gasteiger partial charge in [-0.25, -0.2) is 0 Å². The van der Waals surface area contributed by atoms with Crippen LogP contribution in [0.1, 0.15) is 28.7 Å². The zero-order chi connectivity index (χ0) is 14.0. The molecule has 1 aromatic heterocycles. The highest BCUT2D eigenvalue weighted by Crippen LogP contribution is 2.21. The van der Waals surface area contributed by atoms with E-state index >= 15 is 0 Å². The monoisotopic (exact) mass is 384 g/mol. The van der Waals surface area contributed by atoms with Crippen LogP contribution in [-0.4, -0.2) is 15.6 Å². The molecule has 2 aromatic rings.